The summed E-state index contributed by atoms with van der Waals surface area (Å²) in [6, 6.07) is 0. The summed E-state index contributed by atoms with van der Waals surface area (Å²) in [4.78, 5) is 10.6. The van der Waals surface area contributed by atoms with Crippen LogP contribution in [0.5, 0.6) is 0 Å². The van der Waals surface area contributed by atoms with E-state index in [2.05, 4.69) is 19.2 Å². The van der Waals surface area contributed by atoms with Crippen molar-refractivity contribution in [3.8, 4) is 0 Å². The molecule has 0 spiro atoms. The monoisotopic (exact) mass is 150 g/mol. The minimum absolute atomic E-state index is 0. The Morgan fingerprint density at radius 3 is 2.40 bits per heavy atom. The fraction of sp³-hybridized carbons (Fsp3) is 0.857. The van der Waals surface area contributed by atoms with Crippen molar-refractivity contribution < 1.29 is 4.79 Å². The number of hydrogen-bond donors (Lipinski definition) is 1. The van der Waals surface area contributed by atoms with Gasteiger partial charge < -0.3 is 5.32 Å². The van der Waals surface area contributed by atoms with Crippen LogP contribution in [0.3, 0.4) is 0 Å². The van der Waals surface area contributed by atoms with Crippen LogP contribution in [0.1, 0.15) is 26.7 Å². The summed E-state index contributed by atoms with van der Waals surface area (Å²) in [5.74, 6) is 0.203. The SMILES string of the molecule is CC1(C)CCC(=O)NC1.[Na]. The Balaban J connectivity index is 0.000000810. The van der Waals surface area contributed by atoms with Crippen molar-refractivity contribution in [3.63, 3.8) is 0 Å². The van der Waals surface area contributed by atoms with Crippen LogP contribution in [0.15, 0.2) is 0 Å². The van der Waals surface area contributed by atoms with Gasteiger partial charge in [-0.3, -0.25) is 4.79 Å². The molecular weight excluding hydrogens is 137 g/mol. The van der Waals surface area contributed by atoms with Gasteiger partial charge in [-0.2, -0.15) is 0 Å². The van der Waals surface area contributed by atoms with E-state index in [0.717, 1.165) is 13.0 Å². The first kappa shape index (κ1) is 10.5. The smallest absolute Gasteiger partial charge is 0.220 e. The first-order valence-corrected chi connectivity index (χ1v) is 3.37. The fourth-order valence-corrected chi connectivity index (χ4v) is 0.967. The van der Waals surface area contributed by atoms with Gasteiger partial charge in [0.05, 0.1) is 0 Å². The Hall–Kier alpha value is 0.470. The summed E-state index contributed by atoms with van der Waals surface area (Å²) in [6.07, 6.45) is 1.73. The molecule has 1 saturated heterocycles. The van der Waals surface area contributed by atoms with Crippen LogP contribution in [0, 0.1) is 5.41 Å². The van der Waals surface area contributed by atoms with Crippen molar-refractivity contribution in [2.75, 3.05) is 6.54 Å². The molecule has 0 aromatic heterocycles. The van der Waals surface area contributed by atoms with Crippen molar-refractivity contribution in [1.29, 1.82) is 0 Å². The molecule has 0 aromatic carbocycles. The molecule has 1 aliphatic rings. The predicted molar refractivity (Wildman–Crippen MR) is 41.8 cm³/mol. The van der Waals surface area contributed by atoms with E-state index in [1.165, 1.54) is 0 Å². The summed E-state index contributed by atoms with van der Waals surface area (Å²) in [5.41, 5.74) is 0.327. The molecule has 3 heteroatoms. The molecule has 0 saturated carbocycles. The van der Waals surface area contributed by atoms with Crippen LogP contribution in [0.25, 0.3) is 0 Å². The zero-order valence-electron chi connectivity index (χ0n) is 7.03. The molecule has 1 amide bonds. The summed E-state index contributed by atoms with van der Waals surface area (Å²) in [6.45, 7) is 5.19. The molecule has 10 heavy (non-hydrogen) atoms. The van der Waals surface area contributed by atoms with E-state index in [1.807, 2.05) is 0 Å². The molecule has 0 bridgehead atoms. The zero-order valence-corrected chi connectivity index (χ0v) is 9.03. The average Bonchev–Trinajstić information content (AvgIpc) is 1.78. The van der Waals surface area contributed by atoms with Gasteiger partial charge in [0.2, 0.25) is 5.91 Å². The maximum Gasteiger partial charge on any atom is 0.220 e. The zero-order chi connectivity index (χ0) is 6.91. The topological polar surface area (TPSA) is 29.1 Å². The normalized spacial score (nSPS) is 22.8. The third-order valence-electron chi connectivity index (χ3n) is 1.79. The second-order valence-electron chi connectivity index (χ2n) is 3.44. The Morgan fingerprint density at radius 1 is 1.50 bits per heavy atom. The Kier molecular flexibility index (Phi) is 3.92. The first-order chi connectivity index (χ1) is 4.10. The molecule has 0 atom stereocenters. The number of rotatable bonds is 0. The number of carbonyl (C=O) groups is 1. The maximum absolute atomic E-state index is 10.6. The molecule has 53 valence electrons. The molecule has 0 aromatic rings. The minimum atomic E-state index is 0. The molecule has 1 aliphatic heterocycles. The Labute approximate surface area is 84.0 Å². The van der Waals surface area contributed by atoms with Crippen molar-refractivity contribution in [3.05, 3.63) is 0 Å². The largest absolute Gasteiger partial charge is 0.356 e. The number of nitrogens with one attached hydrogen (secondary N) is 1. The van der Waals surface area contributed by atoms with Gasteiger partial charge in [-0.25, -0.2) is 0 Å². The maximum atomic E-state index is 10.6. The molecule has 1 N–H and O–H groups in total. The van der Waals surface area contributed by atoms with Crippen LogP contribution in [-0.4, -0.2) is 42.0 Å². The fourth-order valence-electron chi connectivity index (χ4n) is 0.967. The summed E-state index contributed by atoms with van der Waals surface area (Å²) in [5, 5.41) is 2.83. The van der Waals surface area contributed by atoms with Crippen molar-refractivity contribution in [1.82, 2.24) is 5.32 Å². The van der Waals surface area contributed by atoms with Gasteiger partial charge in [0.1, 0.15) is 0 Å². The van der Waals surface area contributed by atoms with E-state index in [9.17, 15) is 4.79 Å². The van der Waals surface area contributed by atoms with Crippen molar-refractivity contribution >= 4 is 35.5 Å². The van der Waals surface area contributed by atoms with Gasteiger partial charge in [-0.05, 0) is 11.8 Å². The first-order valence-electron chi connectivity index (χ1n) is 3.37. The molecule has 1 radical (unpaired) electrons. The minimum Gasteiger partial charge on any atom is -0.356 e. The van der Waals surface area contributed by atoms with Gasteiger partial charge in [-0.1, -0.05) is 13.8 Å². The van der Waals surface area contributed by atoms with E-state index in [1.54, 1.807) is 0 Å². The third kappa shape index (κ3) is 3.04. The van der Waals surface area contributed by atoms with Crippen molar-refractivity contribution in [2.24, 2.45) is 5.41 Å². The van der Waals surface area contributed by atoms with Crippen LogP contribution >= 0.6 is 0 Å². The average molecular weight is 150 g/mol. The second-order valence-corrected chi connectivity index (χ2v) is 3.44. The van der Waals surface area contributed by atoms with Gasteiger partial charge in [0.25, 0.3) is 0 Å². The summed E-state index contributed by atoms with van der Waals surface area (Å²) >= 11 is 0. The van der Waals surface area contributed by atoms with Crippen LogP contribution < -0.4 is 5.32 Å². The predicted octanol–water partition coefficient (Wildman–Crippen LogP) is 0.542. The summed E-state index contributed by atoms with van der Waals surface area (Å²) in [7, 11) is 0. The number of carbonyl (C=O) groups excluding carboxylic acids is 1. The Bertz CT molecular complexity index is 122. The molecule has 1 fully saturated rings. The van der Waals surface area contributed by atoms with E-state index in [0.29, 0.717) is 11.8 Å². The standard InChI is InChI=1S/C7H13NO.Na/c1-7(2)4-3-6(9)8-5-7;/h3-5H2,1-2H3,(H,8,9);. The quantitative estimate of drug-likeness (QED) is 0.502. The molecule has 1 heterocycles. The third-order valence-corrected chi connectivity index (χ3v) is 1.79. The van der Waals surface area contributed by atoms with E-state index in [4.69, 9.17) is 0 Å². The summed E-state index contributed by atoms with van der Waals surface area (Å²) < 4.78 is 0. The Morgan fingerprint density at radius 2 is 2.10 bits per heavy atom. The van der Waals surface area contributed by atoms with Crippen LogP contribution in [0.4, 0.5) is 0 Å². The molecular formula is C7H13NNaO. The van der Waals surface area contributed by atoms with E-state index >= 15 is 0 Å². The van der Waals surface area contributed by atoms with Crippen LogP contribution in [-0.2, 0) is 4.79 Å². The van der Waals surface area contributed by atoms with Gasteiger partial charge >= 0.3 is 0 Å². The second kappa shape index (κ2) is 3.74. The molecule has 1 rings (SSSR count). The van der Waals surface area contributed by atoms with E-state index < -0.39 is 0 Å². The van der Waals surface area contributed by atoms with Crippen molar-refractivity contribution in [2.45, 2.75) is 26.7 Å². The molecule has 2 nitrogen and oxygen atoms in total. The van der Waals surface area contributed by atoms with Gasteiger partial charge in [0.15, 0.2) is 0 Å². The number of hydrogen-bond acceptors (Lipinski definition) is 1. The number of amides is 1. The number of piperidine rings is 1. The van der Waals surface area contributed by atoms with Gasteiger partial charge in [0, 0.05) is 42.5 Å². The van der Waals surface area contributed by atoms with Crippen LogP contribution in [0.2, 0.25) is 0 Å². The van der Waals surface area contributed by atoms with E-state index in [-0.39, 0.29) is 35.5 Å². The molecule has 0 aliphatic carbocycles. The molecule has 0 unspecified atom stereocenters. The van der Waals surface area contributed by atoms with Gasteiger partial charge in [-0.15, -0.1) is 0 Å².